The molecule has 5 fully saturated rings. The van der Waals surface area contributed by atoms with Gasteiger partial charge in [-0.2, -0.15) is 0 Å². The monoisotopic (exact) mass is 248 g/mol. The first-order valence-electron chi connectivity index (χ1n) is 7.88. The Labute approximate surface area is 109 Å². The van der Waals surface area contributed by atoms with Gasteiger partial charge in [0.1, 0.15) is 5.78 Å². The molecule has 4 saturated carbocycles. The van der Waals surface area contributed by atoms with Crippen LogP contribution in [-0.2, 0) is 9.53 Å². The van der Waals surface area contributed by atoms with Crippen molar-refractivity contribution in [2.45, 2.75) is 63.9 Å². The highest BCUT2D eigenvalue weighted by molar-refractivity contribution is 5.85. The van der Waals surface area contributed by atoms with E-state index in [0.717, 1.165) is 37.2 Å². The average molecular weight is 248 g/mol. The van der Waals surface area contributed by atoms with Crippen molar-refractivity contribution in [1.82, 2.24) is 0 Å². The van der Waals surface area contributed by atoms with Crippen molar-refractivity contribution in [3.8, 4) is 0 Å². The van der Waals surface area contributed by atoms with E-state index in [1.165, 1.54) is 38.5 Å². The standard InChI is InChI=1S/C16H24O2/c17-15(7-14-2-1-3-18-14)16-8-11-4-12(9-16)6-13(5-11)10-16/h11-14H,1-10H2. The minimum Gasteiger partial charge on any atom is -0.378 e. The Morgan fingerprint density at radius 1 is 1.06 bits per heavy atom. The van der Waals surface area contributed by atoms with E-state index in [0.29, 0.717) is 12.2 Å². The topological polar surface area (TPSA) is 26.3 Å². The Bertz CT molecular complexity index is 319. The van der Waals surface area contributed by atoms with E-state index in [9.17, 15) is 4.79 Å². The summed E-state index contributed by atoms with van der Waals surface area (Å²) in [4.78, 5) is 12.8. The molecule has 1 heterocycles. The lowest BCUT2D eigenvalue weighted by molar-refractivity contribution is -0.146. The van der Waals surface area contributed by atoms with Crippen molar-refractivity contribution in [1.29, 1.82) is 0 Å². The predicted molar refractivity (Wildman–Crippen MR) is 69.2 cm³/mol. The summed E-state index contributed by atoms with van der Waals surface area (Å²) < 4.78 is 5.67. The zero-order valence-corrected chi connectivity index (χ0v) is 11.2. The van der Waals surface area contributed by atoms with E-state index in [4.69, 9.17) is 4.74 Å². The maximum Gasteiger partial charge on any atom is 0.141 e. The van der Waals surface area contributed by atoms with Crippen molar-refractivity contribution >= 4 is 5.78 Å². The zero-order valence-electron chi connectivity index (χ0n) is 11.2. The number of ketones is 1. The Morgan fingerprint density at radius 3 is 2.17 bits per heavy atom. The summed E-state index contributed by atoms with van der Waals surface area (Å²) in [5.74, 6) is 3.20. The van der Waals surface area contributed by atoms with Crippen LogP contribution in [0.15, 0.2) is 0 Å². The summed E-state index contributed by atoms with van der Waals surface area (Å²) in [5.41, 5.74) is 0.0979. The molecule has 0 aromatic rings. The largest absolute Gasteiger partial charge is 0.378 e. The molecule has 0 N–H and O–H groups in total. The molecule has 2 nitrogen and oxygen atoms in total. The zero-order chi connectivity index (χ0) is 12.2. The van der Waals surface area contributed by atoms with Crippen LogP contribution < -0.4 is 0 Å². The fourth-order valence-electron chi connectivity index (χ4n) is 5.68. The van der Waals surface area contributed by atoms with Crippen LogP contribution in [0, 0.1) is 23.2 Å². The number of carbonyl (C=O) groups excluding carboxylic acids is 1. The smallest absolute Gasteiger partial charge is 0.141 e. The minimum atomic E-state index is 0.0979. The van der Waals surface area contributed by atoms with Gasteiger partial charge in [0.05, 0.1) is 6.10 Å². The summed E-state index contributed by atoms with van der Waals surface area (Å²) in [7, 11) is 0. The van der Waals surface area contributed by atoms with Gasteiger partial charge in [0.25, 0.3) is 0 Å². The van der Waals surface area contributed by atoms with Crippen LogP contribution in [0.4, 0.5) is 0 Å². The van der Waals surface area contributed by atoms with Crippen LogP contribution in [0.5, 0.6) is 0 Å². The van der Waals surface area contributed by atoms with Gasteiger partial charge in [0, 0.05) is 18.4 Å². The number of rotatable bonds is 3. The molecule has 1 atom stereocenters. The van der Waals surface area contributed by atoms with Gasteiger partial charge in [0.15, 0.2) is 0 Å². The van der Waals surface area contributed by atoms with Gasteiger partial charge in [-0.15, -0.1) is 0 Å². The fourth-order valence-corrected chi connectivity index (χ4v) is 5.68. The summed E-state index contributed by atoms with van der Waals surface area (Å²) in [5, 5.41) is 0. The number of Topliss-reactive ketones (excluding diaryl/α,β-unsaturated/α-hetero) is 1. The molecule has 0 amide bonds. The second-order valence-corrected chi connectivity index (χ2v) is 7.46. The molecule has 4 bridgehead atoms. The number of hydrogen-bond donors (Lipinski definition) is 0. The van der Waals surface area contributed by atoms with E-state index in [1.807, 2.05) is 0 Å². The molecule has 0 aromatic carbocycles. The Kier molecular flexibility index (Phi) is 2.58. The van der Waals surface area contributed by atoms with Crippen molar-refractivity contribution in [3.63, 3.8) is 0 Å². The normalized spacial score (nSPS) is 49.8. The summed E-state index contributed by atoms with van der Waals surface area (Å²) >= 11 is 0. The van der Waals surface area contributed by atoms with Crippen molar-refractivity contribution < 1.29 is 9.53 Å². The Balaban J connectivity index is 1.50. The average Bonchev–Trinajstić information content (AvgIpc) is 2.79. The van der Waals surface area contributed by atoms with Crippen LogP contribution in [-0.4, -0.2) is 18.5 Å². The van der Waals surface area contributed by atoms with Crippen molar-refractivity contribution in [2.75, 3.05) is 6.61 Å². The molecule has 0 radical (unpaired) electrons. The first-order chi connectivity index (χ1) is 8.73. The molecule has 5 rings (SSSR count). The van der Waals surface area contributed by atoms with E-state index in [-0.39, 0.29) is 11.5 Å². The van der Waals surface area contributed by atoms with Gasteiger partial charge in [0.2, 0.25) is 0 Å². The number of ether oxygens (including phenoxy) is 1. The van der Waals surface area contributed by atoms with Gasteiger partial charge < -0.3 is 4.74 Å². The van der Waals surface area contributed by atoms with Crippen LogP contribution in [0.2, 0.25) is 0 Å². The first-order valence-corrected chi connectivity index (χ1v) is 7.88. The molecule has 1 saturated heterocycles. The molecule has 4 aliphatic carbocycles. The molecule has 2 heteroatoms. The highest BCUT2D eigenvalue weighted by Gasteiger charge is 2.54. The molecule has 0 aromatic heterocycles. The fraction of sp³-hybridized carbons (Fsp3) is 0.938. The maximum atomic E-state index is 12.8. The third-order valence-corrected chi connectivity index (χ3v) is 6.07. The van der Waals surface area contributed by atoms with Crippen LogP contribution in [0.1, 0.15) is 57.8 Å². The van der Waals surface area contributed by atoms with Gasteiger partial charge in [-0.05, 0) is 69.1 Å². The highest BCUT2D eigenvalue weighted by Crippen LogP contribution is 2.60. The second-order valence-electron chi connectivity index (χ2n) is 7.46. The van der Waals surface area contributed by atoms with Gasteiger partial charge in [-0.1, -0.05) is 0 Å². The van der Waals surface area contributed by atoms with Crippen molar-refractivity contribution in [3.05, 3.63) is 0 Å². The SMILES string of the molecule is O=C(CC1CCCO1)C12CC3CC(CC(C3)C1)C2. The molecular weight excluding hydrogens is 224 g/mol. The number of carbonyl (C=O) groups is 1. The molecule has 1 aliphatic heterocycles. The summed E-state index contributed by atoms with van der Waals surface area (Å²) in [6.45, 7) is 0.874. The third kappa shape index (κ3) is 1.76. The molecular formula is C16H24O2. The van der Waals surface area contributed by atoms with E-state index in [1.54, 1.807) is 0 Å². The quantitative estimate of drug-likeness (QED) is 0.765. The van der Waals surface area contributed by atoms with Crippen LogP contribution in [0.25, 0.3) is 0 Å². The molecule has 1 unspecified atom stereocenters. The number of hydrogen-bond acceptors (Lipinski definition) is 2. The van der Waals surface area contributed by atoms with E-state index in [2.05, 4.69) is 0 Å². The lowest BCUT2D eigenvalue weighted by Gasteiger charge is -2.56. The van der Waals surface area contributed by atoms with E-state index >= 15 is 0 Å². The Hall–Kier alpha value is -0.370. The molecule has 5 aliphatic rings. The Morgan fingerprint density at radius 2 is 1.67 bits per heavy atom. The minimum absolute atomic E-state index is 0.0979. The van der Waals surface area contributed by atoms with Gasteiger partial charge >= 0.3 is 0 Å². The third-order valence-electron chi connectivity index (χ3n) is 6.07. The molecule has 18 heavy (non-hydrogen) atoms. The maximum absolute atomic E-state index is 12.8. The summed E-state index contributed by atoms with van der Waals surface area (Å²) in [6, 6.07) is 0. The lowest BCUT2D eigenvalue weighted by Crippen LogP contribution is -2.50. The highest BCUT2D eigenvalue weighted by atomic mass is 16.5. The second kappa shape index (κ2) is 4.06. The predicted octanol–water partition coefficient (Wildman–Crippen LogP) is 3.34. The van der Waals surface area contributed by atoms with Gasteiger partial charge in [-0.3, -0.25) is 4.79 Å². The van der Waals surface area contributed by atoms with Crippen molar-refractivity contribution in [2.24, 2.45) is 23.2 Å². The van der Waals surface area contributed by atoms with Crippen LogP contribution in [0.3, 0.4) is 0 Å². The van der Waals surface area contributed by atoms with Crippen LogP contribution >= 0.6 is 0 Å². The lowest BCUT2D eigenvalue weighted by atomic mass is 9.48. The van der Waals surface area contributed by atoms with E-state index < -0.39 is 0 Å². The molecule has 0 spiro atoms. The van der Waals surface area contributed by atoms with Gasteiger partial charge in [-0.25, -0.2) is 0 Å². The first kappa shape index (κ1) is 11.5. The molecule has 100 valence electrons. The summed E-state index contributed by atoms with van der Waals surface area (Å²) in [6.07, 6.45) is 11.1.